The topological polar surface area (TPSA) is 64.4 Å². The van der Waals surface area contributed by atoms with Crippen molar-refractivity contribution in [2.45, 2.75) is 38.6 Å². The van der Waals surface area contributed by atoms with Crippen molar-refractivity contribution in [3.8, 4) is 0 Å². The van der Waals surface area contributed by atoms with E-state index in [0.29, 0.717) is 0 Å². The normalized spacial score (nSPS) is 14.1. The van der Waals surface area contributed by atoms with E-state index in [1.807, 2.05) is 0 Å². The minimum Gasteiger partial charge on any atom is -0.446 e. The zero-order valence-electron chi connectivity index (χ0n) is 10.0. The molecular formula is C10H13F3N2O3. The lowest BCUT2D eigenvalue weighted by molar-refractivity contribution is -0.161. The number of carbonyl (C=O) groups excluding carboxylic acids is 1. The van der Waals surface area contributed by atoms with Crippen molar-refractivity contribution >= 4 is 6.09 Å². The lowest BCUT2D eigenvalue weighted by Gasteiger charge is -2.23. The average molecular weight is 266 g/mol. The highest BCUT2D eigenvalue weighted by Gasteiger charge is 2.45. The van der Waals surface area contributed by atoms with Crippen LogP contribution in [0.1, 0.15) is 32.7 Å². The SMILES string of the molecule is CC(C)(C)OC(=O)NC(c1ncco1)C(F)(F)F. The Hall–Kier alpha value is -1.73. The van der Waals surface area contributed by atoms with Crippen molar-refractivity contribution in [2.24, 2.45) is 0 Å². The summed E-state index contributed by atoms with van der Waals surface area (Å²) in [6.45, 7) is 4.63. The first kappa shape index (κ1) is 14.3. The first-order valence-corrected chi connectivity index (χ1v) is 5.05. The van der Waals surface area contributed by atoms with Crippen LogP contribution < -0.4 is 5.32 Å². The molecule has 0 radical (unpaired) electrons. The maximum atomic E-state index is 12.7. The van der Waals surface area contributed by atoms with Gasteiger partial charge in [-0.2, -0.15) is 13.2 Å². The first-order valence-electron chi connectivity index (χ1n) is 5.05. The number of ether oxygens (including phenoxy) is 1. The van der Waals surface area contributed by atoms with E-state index in [-0.39, 0.29) is 0 Å². The summed E-state index contributed by atoms with van der Waals surface area (Å²) in [6, 6.07) is -2.33. The highest BCUT2D eigenvalue weighted by atomic mass is 19.4. The summed E-state index contributed by atoms with van der Waals surface area (Å²) in [4.78, 5) is 14.7. The number of alkyl halides is 3. The van der Waals surface area contributed by atoms with Crippen LogP contribution in [0, 0.1) is 0 Å². The van der Waals surface area contributed by atoms with Gasteiger partial charge in [-0.3, -0.25) is 0 Å². The number of hydrogen-bond donors (Lipinski definition) is 1. The molecule has 1 amide bonds. The highest BCUT2D eigenvalue weighted by molar-refractivity contribution is 5.68. The van der Waals surface area contributed by atoms with Gasteiger partial charge >= 0.3 is 12.3 Å². The number of amides is 1. The largest absolute Gasteiger partial charge is 0.446 e. The van der Waals surface area contributed by atoms with Gasteiger partial charge in [-0.15, -0.1) is 0 Å². The molecule has 1 heterocycles. The predicted octanol–water partition coefficient (Wildman–Crippen LogP) is 2.80. The van der Waals surface area contributed by atoms with Crippen molar-refractivity contribution in [3.05, 3.63) is 18.4 Å². The molecule has 0 saturated heterocycles. The lowest BCUT2D eigenvalue weighted by Crippen LogP contribution is -2.41. The van der Waals surface area contributed by atoms with Crippen molar-refractivity contribution in [1.29, 1.82) is 0 Å². The molecule has 0 aliphatic heterocycles. The minimum atomic E-state index is -4.72. The molecule has 0 saturated carbocycles. The van der Waals surface area contributed by atoms with Crippen molar-refractivity contribution in [1.82, 2.24) is 10.3 Å². The molecule has 1 aromatic rings. The van der Waals surface area contributed by atoms with E-state index in [0.717, 1.165) is 12.5 Å². The number of halogens is 3. The Balaban J connectivity index is 2.79. The monoisotopic (exact) mass is 266 g/mol. The van der Waals surface area contributed by atoms with Crippen LogP contribution in [0.15, 0.2) is 16.9 Å². The summed E-state index contributed by atoms with van der Waals surface area (Å²) >= 11 is 0. The number of oxazole rings is 1. The number of nitrogens with one attached hydrogen (secondary N) is 1. The lowest BCUT2D eigenvalue weighted by atomic mass is 10.2. The molecule has 1 atom stereocenters. The van der Waals surface area contributed by atoms with Gasteiger partial charge < -0.3 is 14.5 Å². The number of hydrogen-bond acceptors (Lipinski definition) is 4. The third kappa shape index (κ3) is 4.27. The fourth-order valence-electron chi connectivity index (χ4n) is 1.09. The quantitative estimate of drug-likeness (QED) is 0.893. The van der Waals surface area contributed by atoms with E-state index in [2.05, 4.69) is 9.40 Å². The van der Waals surface area contributed by atoms with Gasteiger partial charge in [-0.05, 0) is 20.8 Å². The van der Waals surface area contributed by atoms with E-state index in [1.54, 1.807) is 26.1 Å². The summed E-state index contributed by atoms with van der Waals surface area (Å²) in [6.07, 6.45) is -3.86. The third-order valence-electron chi connectivity index (χ3n) is 1.69. The van der Waals surface area contributed by atoms with Crippen LogP contribution in [0.2, 0.25) is 0 Å². The second-order valence-electron chi connectivity index (χ2n) is 4.49. The number of carbonyl (C=O) groups is 1. The summed E-state index contributed by atoms with van der Waals surface area (Å²) < 4.78 is 47.4. The van der Waals surface area contributed by atoms with Crippen molar-refractivity contribution < 1.29 is 27.1 Å². The third-order valence-corrected chi connectivity index (χ3v) is 1.69. The standard InChI is InChI=1S/C10H13F3N2O3/c1-9(2,3)18-8(16)15-6(10(11,12)13)7-14-4-5-17-7/h4-6H,1-3H3,(H,15,16). The molecule has 0 aromatic carbocycles. The molecule has 1 unspecified atom stereocenters. The summed E-state index contributed by atoms with van der Waals surface area (Å²) in [5, 5.41) is 1.67. The molecule has 0 aliphatic rings. The van der Waals surface area contributed by atoms with E-state index < -0.39 is 29.8 Å². The Morgan fingerprint density at radius 3 is 2.44 bits per heavy atom. The van der Waals surface area contributed by atoms with Crippen LogP contribution in [-0.2, 0) is 4.74 Å². The molecule has 5 nitrogen and oxygen atoms in total. The van der Waals surface area contributed by atoms with E-state index in [9.17, 15) is 18.0 Å². The molecule has 102 valence electrons. The second kappa shape index (κ2) is 4.87. The molecule has 0 spiro atoms. The van der Waals surface area contributed by atoms with E-state index in [4.69, 9.17) is 4.74 Å². The van der Waals surface area contributed by atoms with Gasteiger partial charge in [-0.1, -0.05) is 0 Å². The van der Waals surface area contributed by atoms with Gasteiger partial charge in [0.25, 0.3) is 0 Å². The van der Waals surface area contributed by atoms with Crippen LogP contribution in [0.3, 0.4) is 0 Å². The molecule has 0 bridgehead atoms. The van der Waals surface area contributed by atoms with Gasteiger partial charge in [0.1, 0.15) is 11.9 Å². The first-order chi connectivity index (χ1) is 8.09. The Morgan fingerprint density at radius 1 is 1.44 bits per heavy atom. The Labute approximate surface area is 101 Å². The molecule has 1 aromatic heterocycles. The molecule has 8 heteroatoms. The minimum absolute atomic E-state index is 0.645. The smallest absolute Gasteiger partial charge is 0.417 e. The predicted molar refractivity (Wildman–Crippen MR) is 54.7 cm³/mol. The van der Waals surface area contributed by atoms with Crippen LogP contribution >= 0.6 is 0 Å². The van der Waals surface area contributed by atoms with Crippen molar-refractivity contribution in [3.63, 3.8) is 0 Å². The number of aromatic nitrogens is 1. The molecule has 0 aliphatic carbocycles. The van der Waals surface area contributed by atoms with Gasteiger partial charge in [-0.25, -0.2) is 9.78 Å². The number of nitrogens with zero attached hydrogens (tertiary/aromatic N) is 1. The van der Waals surface area contributed by atoms with Gasteiger partial charge in [0.05, 0.1) is 6.20 Å². The molecule has 1 N–H and O–H groups in total. The van der Waals surface area contributed by atoms with Crippen LogP contribution in [0.4, 0.5) is 18.0 Å². The maximum Gasteiger partial charge on any atom is 0.417 e. The Bertz CT molecular complexity index is 395. The van der Waals surface area contributed by atoms with Gasteiger partial charge in [0.15, 0.2) is 0 Å². The van der Waals surface area contributed by atoms with Gasteiger partial charge in [0.2, 0.25) is 11.9 Å². The van der Waals surface area contributed by atoms with E-state index in [1.165, 1.54) is 0 Å². The number of rotatable bonds is 2. The Morgan fingerprint density at radius 2 is 2.06 bits per heavy atom. The average Bonchev–Trinajstić information content (AvgIpc) is 2.61. The fraction of sp³-hybridized carbons (Fsp3) is 0.600. The fourth-order valence-corrected chi connectivity index (χ4v) is 1.09. The zero-order chi connectivity index (χ0) is 14.0. The molecular weight excluding hydrogens is 253 g/mol. The molecule has 18 heavy (non-hydrogen) atoms. The van der Waals surface area contributed by atoms with Crippen LogP contribution in [-0.4, -0.2) is 22.9 Å². The highest BCUT2D eigenvalue weighted by Crippen LogP contribution is 2.31. The van der Waals surface area contributed by atoms with Crippen molar-refractivity contribution in [2.75, 3.05) is 0 Å². The maximum absolute atomic E-state index is 12.7. The van der Waals surface area contributed by atoms with Gasteiger partial charge in [0, 0.05) is 0 Å². The summed E-state index contributed by atoms with van der Waals surface area (Å²) in [5.41, 5.74) is -0.892. The Kier molecular flexibility index (Phi) is 3.88. The van der Waals surface area contributed by atoms with Crippen LogP contribution in [0.25, 0.3) is 0 Å². The zero-order valence-corrected chi connectivity index (χ0v) is 10.0. The molecule has 0 fully saturated rings. The second-order valence-corrected chi connectivity index (χ2v) is 4.49. The summed E-state index contributed by atoms with van der Waals surface area (Å²) in [5.74, 6) is -0.645. The number of alkyl carbamates (subject to hydrolysis) is 1. The van der Waals surface area contributed by atoms with E-state index >= 15 is 0 Å². The summed E-state index contributed by atoms with van der Waals surface area (Å²) in [7, 11) is 0. The van der Waals surface area contributed by atoms with Crippen LogP contribution in [0.5, 0.6) is 0 Å². The molecule has 1 rings (SSSR count).